The topological polar surface area (TPSA) is 35.6 Å². The van der Waals surface area contributed by atoms with Gasteiger partial charge in [-0.3, -0.25) is 14.6 Å². The number of piperazine rings is 1. The summed E-state index contributed by atoms with van der Waals surface area (Å²) in [6.07, 6.45) is 0. The molecule has 0 atom stereocenters. The van der Waals surface area contributed by atoms with Crippen LogP contribution in [0.4, 0.5) is 4.39 Å². The highest BCUT2D eigenvalue weighted by atomic mass is 19.1. The van der Waals surface area contributed by atoms with E-state index in [1.165, 1.54) is 17.7 Å². The maximum absolute atomic E-state index is 13.1. The summed E-state index contributed by atoms with van der Waals surface area (Å²) in [6, 6.07) is 16.8. The lowest BCUT2D eigenvalue weighted by molar-refractivity contribution is -0.122. The number of nitrogens with zero attached hydrogens (tertiary/aromatic N) is 2. The number of hydrogen-bond acceptors (Lipinski definition) is 3. The fraction of sp³-hybridized carbons (Fsp3) is 0.350. The molecular formula is C20H24FN3O. The Morgan fingerprint density at radius 3 is 2.32 bits per heavy atom. The number of amides is 1. The molecule has 4 nitrogen and oxygen atoms in total. The Labute approximate surface area is 148 Å². The summed E-state index contributed by atoms with van der Waals surface area (Å²) in [6.45, 7) is 5.43. The Hall–Kier alpha value is -2.24. The largest absolute Gasteiger partial charge is 0.351 e. The van der Waals surface area contributed by atoms with Gasteiger partial charge in [-0.05, 0) is 23.3 Å². The summed E-state index contributed by atoms with van der Waals surface area (Å²) in [5.41, 5.74) is 2.10. The number of benzene rings is 2. The van der Waals surface area contributed by atoms with Crippen molar-refractivity contribution in [3.8, 4) is 0 Å². The Morgan fingerprint density at radius 2 is 1.60 bits per heavy atom. The second kappa shape index (κ2) is 8.74. The molecule has 5 heteroatoms. The maximum atomic E-state index is 13.1. The van der Waals surface area contributed by atoms with E-state index in [1.807, 2.05) is 12.1 Å². The third-order valence-electron chi connectivity index (χ3n) is 4.46. The highest BCUT2D eigenvalue weighted by molar-refractivity contribution is 5.78. The number of rotatable bonds is 6. The highest BCUT2D eigenvalue weighted by Crippen LogP contribution is 2.08. The van der Waals surface area contributed by atoms with Crippen LogP contribution >= 0.6 is 0 Å². The number of nitrogens with one attached hydrogen (secondary N) is 1. The molecule has 0 bridgehead atoms. The molecule has 0 aromatic heterocycles. The van der Waals surface area contributed by atoms with Gasteiger partial charge in [0.1, 0.15) is 5.82 Å². The molecule has 1 N–H and O–H groups in total. The molecular weight excluding hydrogens is 317 g/mol. The Balaban J connectivity index is 1.37. The quantitative estimate of drug-likeness (QED) is 0.875. The van der Waals surface area contributed by atoms with Crippen LogP contribution in [0.1, 0.15) is 11.1 Å². The molecule has 132 valence electrons. The lowest BCUT2D eigenvalue weighted by Gasteiger charge is -2.34. The molecule has 1 amide bonds. The molecule has 1 heterocycles. The standard InChI is InChI=1S/C20H24FN3O/c21-19-8-4-7-18(13-19)14-22-20(25)16-24-11-9-23(10-12-24)15-17-5-2-1-3-6-17/h1-8,13H,9-12,14-16H2,(H,22,25). The van der Waals surface area contributed by atoms with E-state index in [0.29, 0.717) is 13.1 Å². The van der Waals surface area contributed by atoms with E-state index >= 15 is 0 Å². The number of halogens is 1. The van der Waals surface area contributed by atoms with Crippen LogP contribution in [0, 0.1) is 5.82 Å². The fourth-order valence-electron chi connectivity index (χ4n) is 3.05. The molecule has 0 saturated carbocycles. The van der Waals surface area contributed by atoms with Crippen molar-refractivity contribution in [2.45, 2.75) is 13.1 Å². The molecule has 0 unspecified atom stereocenters. The predicted molar refractivity (Wildman–Crippen MR) is 96.4 cm³/mol. The third-order valence-corrected chi connectivity index (χ3v) is 4.46. The lowest BCUT2D eigenvalue weighted by atomic mass is 10.2. The first kappa shape index (κ1) is 17.6. The van der Waals surface area contributed by atoms with Crippen molar-refractivity contribution in [3.05, 3.63) is 71.5 Å². The molecule has 0 radical (unpaired) electrons. The smallest absolute Gasteiger partial charge is 0.234 e. The second-order valence-corrected chi connectivity index (χ2v) is 6.44. The van der Waals surface area contributed by atoms with E-state index in [4.69, 9.17) is 0 Å². The van der Waals surface area contributed by atoms with Gasteiger partial charge in [-0.1, -0.05) is 42.5 Å². The van der Waals surface area contributed by atoms with Crippen LogP contribution < -0.4 is 5.32 Å². The van der Waals surface area contributed by atoms with Crippen molar-refractivity contribution < 1.29 is 9.18 Å². The zero-order valence-corrected chi connectivity index (χ0v) is 14.3. The van der Waals surface area contributed by atoms with Crippen molar-refractivity contribution in [2.75, 3.05) is 32.7 Å². The molecule has 1 fully saturated rings. The summed E-state index contributed by atoms with van der Waals surface area (Å²) in [4.78, 5) is 16.7. The first-order valence-corrected chi connectivity index (χ1v) is 8.69. The van der Waals surface area contributed by atoms with E-state index in [1.54, 1.807) is 6.07 Å². The van der Waals surface area contributed by atoms with Gasteiger partial charge in [-0.15, -0.1) is 0 Å². The van der Waals surface area contributed by atoms with E-state index in [0.717, 1.165) is 38.3 Å². The highest BCUT2D eigenvalue weighted by Gasteiger charge is 2.18. The van der Waals surface area contributed by atoms with Gasteiger partial charge in [0.05, 0.1) is 6.54 Å². The molecule has 0 aliphatic carbocycles. The van der Waals surface area contributed by atoms with E-state index < -0.39 is 0 Å². The normalized spacial score (nSPS) is 15.9. The zero-order chi connectivity index (χ0) is 17.5. The van der Waals surface area contributed by atoms with Gasteiger partial charge in [0, 0.05) is 39.3 Å². The summed E-state index contributed by atoms with van der Waals surface area (Å²) in [5.74, 6) is -0.290. The summed E-state index contributed by atoms with van der Waals surface area (Å²) in [5, 5.41) is 2.86. The van der Waals surface area contributed by atoms with Gasteiger partial charge < -0.3 is 5.32 Å². The summed E-state index contributed by atoms with van der Waals surface area (Å²) < 4.78 is 13.1. The van der Waals surface area contributed by atoms with Crippen LogP contribution in [0.25, 0.3) is 0 Å². The molecule has 0 spiro atoms. The minimum absolute atomic E-state index is 0.0132. The zero-order valence-electron chi connectivity index (χ0n) is 14.3. The SMILES string of the molecule is O=C(CN1CCN(Cc2ccccc2)CC1)NCc1cccc(F)c1. The lowest BCUT2D eigenvalue weighted by Crippen LogP contribution is -2.49. The molecule has 25 heavy (non-hydrogen) atoms. The Bertz CT molecular complexity index is 684. The van der Waals surface area contributed by atoms with Crippen LogP contribution in [0.15, 0.2) is 54.6 Å². The summed E-state index contributed by atoms with van der Waals surface area (Å²) >= 11 is 0. The first-order valence-electron chi connectivity index (χ1n) is 8.69. The average Bonchev–Trinajstić information content (AvgIpc) is 2.63. The fourth-order valence-corrected chi connectivity index (χ4v) is 3.05. The Morgan fingerprint density at radius 1 is 0.920 bits per heavy atom. The maximum Gasteiger partial charge on any atom is 0.234 e. The second-order valence-electron chi connectivity index (χ2n) is 6.44. The van der Waals surface area contributed by atoms with Crippen LogP contribution in [0.2, 0.25) is 0 Å². The van der Waals surface area contributed by atoms with Crippen molar-refractivity contribution in [1.29, 1.82) is 0 Å². The molecule has 1 aliphatic rings. The van der Waals surface area contributed by atoms with Crippen molar-refractivity contribution in [1.82, 2.24) is 15.1 Å². The van der Waals surface area contributed by atoms with Crippen LogP contribution in [0.3, 0.4) is 0 Å². The van der Waals surface area contributed by atoms with Crippen LogP contribution in [0.5, 0.6) is 0 Å². The van der Waals surface area contributed by atoms with Crippen molar-refractivity contribution >= 4 is 5.91 Å². The van der Waals surface area contributed by atoms with E-state index in [9.17, 15) is 9.18 Å². The van der Waals surface area contributed by atoms with Gasteiger partial charge in [0.25, 0.3) is 0 Å². The molecule has 2 aromatic rings. The van der Waals surface area contributed by atoms with Crippen molar-refractivity contribution in [2.24, 2.45) is 0 Å². The molecule has 1 aliphatic heterocycles. The molecule has 1 saturated heterocycles. The first-order chi connectivity index (χ1) is 12.2. The van der Waals surface area contributed by atoms with Gasteiger partial charge >= 0.3 is 0 Å². The predicted octanol–water partition coefficient (Wildman–Crippen LogP) is 2.26. The minimum atomic E-state index is -0.277. The van der Waals surface area contributed by atoms with Crippen LogP contribution in [-0.2, 0) is 17.9 Å². The van der Waals surface area contributed by atoms with Gasteiger partial charge in [0.2, 0.25) is 5.91 Å². The Kier molecular flexibility index (Phi) is 6.14. The number of carbonyl (C=O) groups is 1. The van der Waals surface area contributed by atoms with Crippen LogP contribution in [-0.4, -0.2) is 48.4 Å². The molecule has 3 rings (SSSR count). The van der Waals surface area contributed by atoms with E-state index in [2.05, 4.69) is 39.4 Å². The average molecular weight is 341 g/mol. The monoisotopic (exact) mass is 341 g/mol. The van der Waals surface area contributed by atoms with Gasteiger partial charge in [-0.25, -0.2) is 4.39 Å². The van der Waals surface area contributed by atoms with E-state index in [-0.39, 0.29) is 11.7 Å². The van der Waals surface area contributed by atoms with Gasteiger partial charge in [0.15, 0.2) is 0 Å². The van der Waals surface area contributed by atoms with Crippen molar-refractivity contribution in [3.63, 3.8) is 0 Å². The number of carbonyl (C=O) groups excluding carboxylic acids is 1. The molecule has 2 aromatic carbocycles. The third kappa shape index (κ3) is 5.66. The summed E-state index contributed by atoms with van der Waals surface area (Å²) in [7, 11) is 0. The van der Waals surface area contributed by atoms with Gasteiger partial charge in [-0.2, -0.15) is 0 Å². The number of hydrogen-bond donors (Lipinski definition) is 1. The minimum Gasteiger partial charge on any atom is -0.351 e.